The zero-order chi connectivity index (χ0) is 27.4. The fraction of sp³-hybridized carbons (Fsp3) is 0.778. The molecule has 39 heavy (non-hydrogen) atoms. The molecule has 0 aliphatic heterocycles. The first-order chi connectivity index (χ1) is 18.6. The molecule has 7 rings (SSSR count). The van der Waals surface area contributed by atoms with Gasteiger partial charge in [0.25, 0.3) is 0 Å². The minimum Gasteiger partial charge on any atom is -0.393 e. The molecule has 7 fully saturated rings. The Hall–Kier alpha value is -1.16. The van der Waals surface area contributed by atoms with Crippen molar-refractivity contribution in [2.45, 2.75) is 128 Å². The van der Waals surface area contributed by atoms with Crippen molar-refractivity contribution in [1.82, 2.24) is 0 Å². The van der Waals surface area contributed by atoms with Crippen molar-refractivity contribution in [3.63, 3.8) is 0 Å². The molecule has 3 nitrogen and oxygen atoms in total. The van der Waals surface area contributed by atoms with E-state index in [0.29, 0.717) is 47.0 Å². The number of aliphatic hydroxyl groups is 3. The van der Waals surface area contributed by atoms with E-state index in [-0.39, 0.29) is 6.10 Å². The zero-order valence-corrected chi connectivity index (χ0v) is 24.7. The van der Waals surface area contributed by atoms with Gasteiger partial charge in [-0.15, -0.1) is 0 Å². The number of hydrogen-bond acceptors (Lipinski definition) is 3. The molecule has 0 heterocycles. The molecule has 216 valence electrons. The number of rotatable bonds is 7. The highest BCUT2D eigenvalue weighted by atomic mass is 16.3. The average molecular weight is 535 g/mol. The van der Waals surface area contributed by atoms with Crippen LogP contribution in [0.15, 0.2) is 47.6 Å². The highest BCUT2D eigenvalue weighted by molar-refractivity contribution is 5.29. The Bertz CT molecular complexity index is 967. The third kappa shape index (κ3) is 5.54. The quantitative estimate of drug-likeness (QED) is 0.294. The molecule has 7 saturated carbocycles. The van der Waals surface area contributed by atoms with Crippen LogP contribution in [0.4, 0.5) is 0 Å². The lowest BCUT2D eigenvalue weighted by Gasteiger charge is -2.57. The molecule has 4 bridgehead atoms. The standard InChI is InChI=1S/C36H54O3/c1-23(6-4-8-30(37)22-36-19-26-14-27(20-36)16-28(15-26)21-36)31-11-12-32-29(7-5-13-35(31,32)3)10-9-25-17-33(38)24(2)34(39)18-25/h4,6,9-10,23,26-28,30-34,37-39H,2,5,7-8,11-22H2,1,3H3/b6-4+,29-10+/t23-,26?,27?,28?,30-,31-,32+,33-,34-,35-,36?/m1/s1. The summed E-state index contributed by atoms with van der Waals surface area (Å²) in [7, 11) is 0. The van der Waals surface area contributed by atoms with Crippen LogP contribution in [-0.2, 0) is 0 Å². The Morgan fingerprint density at radius 1 is 0.974 bits per heavy atom. The van der Waals surface area contributed by atoms with Gasteiger partial charge in [-0.1, -0.05) is 55.9 Å². The van der Waals surface area contributed by atoms with Crippen LogP contribution >= 0.6 is 0 Å². The first-order valence-electron chi connectivity index (χ1n) is 16.4. The van der Waals surface area contributed by atoms with E-state index in [0.717, 1.165) is 36.2 Å². The number of hydrogen-bond donors (Lipinski definition) is 3. The van der Waals surface area contributed by atoms with Gasteiger partial charge >= 0.3 is 0 Å². The van der Waals surface area contributed by atoms with Gasteiger partial charge in [0.2, 0.25) is 0 Å². The van der Waals surface area contributed by atoms with Crippen LogP contribution in [0.3, 0.4) is 0 Å². The molecule has 0 aromatic rings. The van der Waals surface area contributed by atoms with Gasteiger partial charge < -0.3 is 15.3 Å². The summed E-state index contributed by atoms with van der Waals surface area (Å²) < 4.78 is 0. The highest BCUT2D eigenvalue weighted by Crippen LogP contribution is 2.62. The number of fused-ring (bicyclic) bond motifs is 1. The fourth-order valence-electron chi connectivity index (χ4n) is 11.3. The molecule has 7 atom stereocenters. The molecule has 7 aliphatic rings. The van der Waals surface area contributed by atoms with E-state index in [1.54, 1.807) is 5.57 Å². The third-order valence-corrected chi connectivity index (χ3v) is 12.7. The van der Waals surface area contributed by atoms with Gasteiger partial charge in [-0.3, -0.25) is 0 Å². The van der Waals surface area contributed by atoms with E-state index in [1.165, 1.54) is 70.6 Å². The minimum atomic E-state index is -0.621. The second-order valence-electron chi connectivity index (χ2n) is 15.5. The normalized spacial score (nSPS) is 46.2. The molecule has 0 spiro atoms. The molecule has 0 aromatic carbocycles. The molecule has 3 N–H and O–H groups in total. The summed E-state index contributed by atoms with van der Waals surface area (Å²) in [5, 5.41) is 31.5. The minimum absolute atomic E-state index is 0.178. The summed E-state index contributed by atoms with van der Waals surface area (Å²) in [6.07, 6.45) is 25.8. The third-order valence-electron chi connectivity index (χ3n) is 12.7. The topological polar surface area (TPSA) is 60.7 Å². The first kappa shape index (κ1) is 28.0. The summed E-state index contributed by atoms with van der Waals surface area (Å²) in [4.78, 5) is 0. The lowest BCUT2D eigenvalue weighted by molar-refractivity contribution is -0.0753. The Morgan fingerprint density at radius 2 is 1.62 bits per heavy atom. The van der Waals surface area contributed by atoms with Gasteiger partial charge in [0, 0.05) is 0 Å². The molecule has 0 saturated heterocycles. The molecule has 0 aromatic heterocycles. The number of aliphatic hydroxyl groups excluding tert-OH is 3. The van der Waals surface area contributed by atoms with Crippen LogP contribution in [-0.4, -0.2) is 33.6 Å². The van der Waals surface area contributed by atoms with Crippen LogP contribution in [0.5, 0.6) is 0 Å². The fourth-order valence-corrected chi connectivity index (χ4v) is 11.3. The molecular formula is C36H54O3. The zero-order valence-electron chi connectivity index (χ0n) is 24.7. The van der Waals surface area contributed by atoms with Crippen molar-refractivity contribution in [1.29, 1.82) is 0 Å². The van der Waals surface area contributed by atoms with Crippen molar-refractivity contribution in [3.05, 3.63) is 47.6 Å². The van der Waals surface area contributed by atoms with Crippen LogP contribution in [0.1, 0.15) is 110 Å². The summed E-state index contributed by atoms with van der Waals surface area (Å²) in [6, 6.07) is 0. The summed E-state index contributed by atoms with van der Waals surface area (Å²) in [5.74, 6) is 4.75. The summed E-state index contributed by atoms with van der Waals surface area (Å²) >= 11 is 0. The van der Waals surface area contributed by atoms with Crippen molar-refractivity contribution >= 4 is 0 Å². The lowest BCUT2D eigenvalue weighted by atomic mass is 9.48. The van der Waals surface area contributed by atoms with E-state index >= 15 is 0 Å². The maximum atomic E-state index is 11.1. The molecule has 3 heteroatoms. The Morgan fingerprint density at radius 3 is 2.26 bits per heavy atom. The van der Waals surface area contributed by atoms with Crippen molar-refractivity contribution in [2.75, 3.05) is 0 Å². The second-order valence-corrected chi connectivity index (χ2v) is 15.5. The van der Waals surface area contributed by atoms with E-state index in [4.69, 9.17) is 0 Å². The SMILES string of the molecule is C=C1[C@H](O)CC(=C/C=C2\CCC[C@]3(C)[C@@H]([C@H](C)/C=C/C[C@@H](O)CC45CC6CC(CC(C6)C4)C5)CC[C@@H]23)C[C@H]1O. The Labute approximate surface area is 237 Å². The van der Waals surface area contributed by atoms with Gasteiger partial charge in [0.05, 0.1) is 18.3 Å². The van der Waals surface area contributed by atoms with Gasteiger partial charge in [-0.2, -0.15) is 0 Å². The lowest BCUT2D eigenvalue weighted by Crippen LogP contribution is -2.47. The Balaban J connectivity index is 1.05. The maximum Gasteiger partial charge on any atom is 0.0809 e. The van der Waals surface area contributed by atoms with E-state index in [1.807, 2.05) is 0 Å². The maximum absolute atomic E-state index is 11.1. The monoisotopic (exact) mass is 534 g/mol. The molecule has 0 radical (unpaired) electrons. The number of allylic oxidation sites excluding steroid dienone is 4. The van der Waals surface area contributed by atoms with E-state index in [2.05, 4.69) is 44.7 Å². The van der Waals surface area contributed by atoms with Crippen molar-refractivity contribution in [3.8, 4) is 0 Å². The molecule has 0 unspecified atom stereocenters. The predicted octanol–water partition coefficient (Wildman–Crippen LogP) is 7.68. The van der Waals surface area contributed by atoms with Gasteiger partial charge in [-0.25, -0.2) is 0 Å². The van der Waals surface area contributed by atoms with Crippen molar-refractivity contribution < 1.29 is 15.3 Å². The van der Waals surface area contributed by atoms with E-state index in [9.17, 15) is 15.3 Å². The van der Waals surface area contributed by atoms with Gasteiger partial charge in [0.1, 0.15) is 0 Å². The molecule has 7 aliphatic carbocycles. The van der Waals surface area contributed by atoms with Gasteiger partial charge in [0.15, 0.2) is 0 Å². The second kappa shape index (κ2) is 10.9. The smallest absolute Gasteiger partial charge is 0.0809 e. The Kier molecular flexibility index (Phi) is 7.83. The van der Waals surface area contributed by atoms with Crippen LogP contribution in [0.25, 0.3) is 0 Å². The highest BCUT2D eigenvalue weighted by Gasteiger charge is 2.52. The summed E-state index contributed by atoms with van der Waals surface area (Å²) in [6.45, 7) is 8.81. The molecular weight excluding hydrogens is 480 g/mol. The van der Waals surface area contributed by atoms with Crippen LogP contribution < -0.4 is 0 Å². The predicted molar refractivity (Wildman–Crippen MR) is 159 cm³/mol. The van der Waals surface area contributed by atoms with Crippen LogP contribution in [0, 0.1) is 46.3 Å². The summed E-state index contributed by atoms with van der Waals surface area (Å²) in [5.41, 5.74) is 4.08. The molecule has 0 amide bonds. The first-order valence-corrected chi connectivity index (χ1v) is 16.4. The van der Waals surface area contributed by atoms with Gasteiger partial charge in [-0.05, 0) is 148 Å². The largest absolute Gasteiger partial charge is 0.393 e. The van der Waals surface area contributed by atoms with E-state index < -0.39 is 12.2 Å². The average Bonchev–Trinajstić information content (AvgIpc) is 3.22. The van der Waals surface area contributed by atoms with Crippen molar-refractivity contribution in [2.24, 2.45) is 46.3 Å². The van der Waals surface area contributed by atoms with Crippen LogP contribution in [0.2, 0.25) is 0 Å².